The molecule has 3 nitrogen and oxygen atoms in total. The standard InChI is InChI=1S/C8H9O3P.Na/c1-6(9)7-4-2-3-5-8(7)12(10)11;/h2-5,12H,1H3,(H,10,11);/q;+1/p-1. The molecule has 0 aliphatic rings. The second-order valence-corrected chi connectivity index (χ2v) is 3.50. The summed E-state index contributed by atoms with van der Waals surface area (Å²) in [6, 6.07) is 6.19. The van der Waals surface area contributed by atoms with Crippen molar-refractivity contribution in [3.05, 3.63) is 29.8 Å². The predicted molar refractivity (Wildman–Crippen MR) is 45.1 cm³/mol. The normalized spacial score (nSPS) is 11.5. The number of carbonyl (C=O) groups is 1. The Bertz CT molecular complexity index is 305. The van der Waals surface area contributed by atoms with Crippen LogP contribution in [0.25, 0.3) is 0 Å². The molecule has 1 aromatic carbocycles. The van der Waals surface area contributed by atoms with Crippen LogP contribution in [-0.4, -0.2) is 5.78 Å². The van der Waals surface area contributed by atoms with E-state index in [9.17, 15) is 14.3 Å². The Labute approximate surface area is 99.3 Å². The maximum atomic E-state index is 10.9. The van der Waals surface area contributed by atoms with E-state index in [1.807, 2.05) is 0 Å². The SMILES string of the molecule is CC(=O)c1ccccc1[PH](=O)[O-].[Na+]. The van der Waals surface area contributed by atoms with Gasteiger partial charge in [-0.25, -0.2) is 0 Å². The van der Waals surface area contributed by atoms with Gasteiger partial charge in [0.25, 0.3) is 0 Å². The minimum Gasteiger partial charge on any atom is -0.798 e. The van der Waals surface area contributed by atoms with Crippen LogP contribution in [0, 0.1) is 0 Å². The van der Waals surface area contributed by atoms with Gasteiger partial charge in [0.2, 0.25) is 0 Å². The average Bonchev–Trinajstić information content (AvgIpc) is 2.04. The molecule has 0 saturated heterocycles. The van der Waals surface area contributed by atoms with E-state index >= 15 is 0 Å². The van der Waals surface area contributed by atoms with Gasteiger partial charge in [0.15, 0.2) is 5.78 Å². The van der Waals surface area contributed by atoms with Crippen LogP contribution < -0.4 is 39.8 Å². The number of ketones is 1. The van der Waals surface area contributed by atoms with Crippen LogP contribution in [0.15, 0.2) is 24.3 Å². The third-order valence-electron chi connectivity index (χ3n) is 1.53. The van der Waals surface area contributed by atoms with Crippen LogP contribution in [0.5, 0.6) is 0 Å². The maximum absolute atomic E-state index is 10.9. The Kier molecular flexibility index (Phi) is 5.77. The molecule has 0 spiro atoms. The third-order valence-corrected chi connectivity index (χ3v) is 2.40. The summed E-state index contributed by atoms with van der Waals surface area (Å²) < 4.78 is 10.6. The number of Topliss-reactive ketones (excluding diaryl/α,β-unsaturated/α-hetero) is 1. The zero-order chi connectivity index (χ0) is 9.14. The van der Waals surface area contributed by atoms with Crippen LogP contribution in [0.2, 0.25) is 0 Å². The minimum atomic E-state index is -3.01. The summed E-state index contributed by atoms with van der Waals surface area (Å²) >= 11 is 0. The fourth-order valence-electron chi connectivity index (χ4n) is 0.968. The molecule has 1 atom stereocenters. The van der Waals surface area contributed by atoms with Crippen molar-refractivity contribution in [3.8, 4) is 0 Å². The van der Waals surface area contributed by atoms with E-state index in [2.05, 4.69) is 0 Å². The van der Waals surface area contributed by atoms with Crippen molar-refractivity contribution in [1.29, 1.82) is 0 Å². The maximum Gasteiger partial charge on any atom is 1.00 e. The van der Waals surface area contributed by atoms with Crippen LogP contribution >= 0.6 is 8.03 Å². The molecule has 1 unspecified atom stereocenters. The molecule has 0 amide bonds. The van der Waals surface area contributed by atoms with E-state index in [1.54, 1.807) is 12.1 Å². The quantitative estimate of drug-likeness (QED) is 0.302. The molecule has 0 aromatic heterocycles. The van der Waals surface area contributed by atoms with Crippen molar-refractivity contribution in [2.75, 3.05) is 0 Å². The zero-order valence-electron chi connectivity index (χ0n) is 7.53. The number of rotatable bonds is 2. The summed E-state index contributed by atoms with van der Waals surface area (Å²) in [5.74, 6) is -0.222. The molecule has 0 aliphatic carbocycles. The summed E-state index contributed by atoms with van der Waals surface area (Å²) in [4.78, 5) is 21.6. The summed E-state index contributed by atoms with van der Waals surface area (Å²) in [7, 11) is -3.01. The van der Waals surface area contributed by atoms with E-state index in [-0.39, 0.29) is 46.2 Å². The van der Waals surface area contributed by atoms with E-state index < -0.39 is 8.03 Å². The van der Waals surface area contributed by atoms with Crippen LogP contribution in [-0.2, 0) is 4.57 Å². The van der Waals surface area contributed by atoms with Gasteiger partial charge in [0.1, 0.15) is 0 Å². The van der Waals surface area contributed by atoms with E-state index in [4.69, 9.17) is 0 Å². The first kappa shape index (κ1) is 13.1. The molecule has 0 radical (unpaired) electrons. The van der Waals surface area contributed by atoms with Gasteiger partial charge >= 0.3 is 29.6 Å². The van der Waals surface area contributed by atoms with Gasteiger partial charge in [-0.1, -0.05) is 24.3 Å². The molecular weight excluding hydrogens is 198 g/mol. The van der Waals surface area contributed by atoms with E-state index in [0.29, 0.717) is 0 Å². The van der Waals surface area contributed by atoms with Gasteiger partial charge in [-0.05, 0) is 6.92 Å². The Balaban J connectivity index is 0.00000144. The second-order valence-electron chi connectivity index (χ2n) is 2.39. The van der Waals surface area contributed by atoms with E-state index in [1.165, 1.54) is 19.1 Å². The van der Waals surface area contributed by atoms with Crippen molar-refractivity contribution >= 4 is 19.1 Å². The third kappa shape index (κ3) is 3.37. The van der Waals surface area contributed by atoms with Crippen LogP contribution in [0.4, 0.5) is 0 Å². The molecule has 64 valence electrons. The van der Waals surface area contributed by atoms with Gasteiger partial charge < -0.3 is 9.46 Å². The molecular formula is C8H8NaO3P. The Morgan fingerprint density at radius 1 is 1.38 bits per heavy atom. The molecule has 0 saturated carbocycles. The molecule has 13 heavy (non-hydrogen) atoms. The Morgan fingerprint density at radius 2 is 1.92 bits per heavy atom. The van der Waals surface area contributed by atoms with Gasteiger partial charge in [-0.2, -0.15) is 0 Å². The van der Waals surface area contributed by atoms with Crippen molar-refractivity contribution < 1.29 is 43.8 Å². The molecule has 0 heterocycles. The number of hydrogen-bond acceptors (Lipinski definition) is 3. The fraction of sp³-hybridized carbons (Fsp3) is 0.125. The molecule has 0 bridgehead atoms. The molecule has 5 heteroatoms. The Hall–Kier alpha value is 0.0800. The summed E-state index contributed by atoms with van der Waals surface area (Å²) in [5, 5.41) is 0.134. The minimum absolute atomic E-state index is 0. The number of hydrogen-bond donors (Lipinski definition) is 0. The fourth-order valence-corrected chi connectivity index (χ4v) is 1.68. The molecule has 0 N–H and O–H groups in total. The zero-order valence-corrected chi connectivity index (χ0v) is 10.5. The summed E-state index contributed by atoms with van der Waals surface area (Å²) in [6.45, 7) is 1.35. The summed E-state index contributed by atoms with van der Waals surface area (Å²) in [6.07, 6.45) is 0. The molecule has 1 aromatic rings. The van der Waals surface area contributed by atoms with E-state index in [0.717, 1.165) is 0 Å². The monoisotopic (exact) mass is 206 g/mol. The van der Waals surface area contributed by atoms with Crippen molar-refractivity contribution in [2.24, 2.45) is 0 Å². The van der Waals surface area contributed by atoms with Gasteiger partial charge in [-0.15, -0.1) is 0 Å². The first-order chi connectivity index (χ1) is 5.63. The van der Waals surface area contributed by atoms with Crippen LogP contribution in [0.3, 0.4) is 0 Å². The van der Waals surface area contributed by atoms with Crippen molar-refractivity contribution in [2.45, 2.75) is 6.92 Å². The Morgan fingerprint density at radius 3 is 2.31 bits per heavy atom. The molecule has 1 rings (SSSR count). The smallest absolute Gasteiger partial charge is 0.798 e. The second kappa shape index (κ2) is 5.74. The van der Waals surface area contributed by atoms with Gasteiger partial charge in [0, 0.05) is 18.9 Å². The van der Waals surface area contributed by atoms with Crippen molar-refractivity contribution in [1.82, 2.24) is 0 Å². The topological polar surface area (TPSA) is 57.2 Å². The first-order valence-corrected chi connectivity index (χ1v) is 4.76. The van der Waals surface area contributed by atoms with Crippen molar-refractivity contribution in [3.63, 3.8) is 0 Å². The van der Waals surface area contributed by atoms with Crippen LogP contribution in [0.1, 0.15) is 17.3 Å². The largest absolute Gasteiger partial charge is 1.00 e. The predicted octanol–water partition coefficient (Wildman–Crippen LogP) is -2.65. The number of carbonyl (C=O) groups excluding carboxylic acids is 1. The van der Waals surface area contributed by atoms with Gasteiger partial charge in [-0.3, -0.25) is 4.79 Å². The molecule has 0 aliphatic heterocycles. The number of benzene rings is 1. The molecule has 0 fully saturated rings. The van der Waals surface area contributed by atoms with Gasteiger partial charge in [0.05, 0.1) is 0 Å². The summed E-state index contributed by atoms with van der Waals surface area (Å²) in [5.41, 5.74) is 0.274. The first-order valence-electron chi connectivity index (χ1n) is 3.44. The average molecular weight is 206 g/mol.